The number of carbonyl (C=O) groups is 1. The van der Waals surface area contributed by atoms with E-state index in [4.69, 9.17) is 9.57 Å². The van der Waals surface area contributed by atoms with Crippen LogP contribution >= 0.6 is 0 Å². The molecule has 2 rings (SSSR count). The Morgan fingerprint density at radius 2 is 1.68 bits per heavy atom. The molecule has 5 heteroatoms. The molecule has 0 radical (unpaired) electrons. The van der Waals surface area contributed by atoms with Crippen LogP contribution in [0.5, 0.6) is 0 Å². The van der Waals surface area contributed by atoms with Gasteiger partial charge in [-0.05, 0) is 45.4 Å². The zero-order chi connectivity index (χ0) is 14.1. The van der Waals surface area contributed by atoms with Gasteiger partial charge >= 0.3 is 6.09 Å². The second kappa shape index (κ2) is 5.29. The molecule has 0 aromatic heterocycles. The molecule has 2 heterocycles. The summed E-state index contributed by atoms with van der Waals surface area (Å²) in [6.45, 7) is 9.31. The Morgan fingerprint density at radius 1 is 1.11 bits per heavy atom. The fraction of sp³-hybridized carbons (Fsp3) is 0.929. The van der Waals surface area contributed by atoms with Crippen molar-refractivity contribution >= 4 is 6.09 Å². The van der Waals surface area contributed by atoms with Crippen LogP contribution in [0.3, 0.4) is 0 Å². The van der Waals surface area contributed by atoms with Gasteiger partial charge in [-0.1, -0.05) is 0 Å². The van der Waals surface area contributed by atoms with Crippen molar-refractivity contribution in [3.05, 3.63) is 0 Å². The molecule has 0 aromatic rings. The normalized spacial score (nSPS) is 23.9. The Kier molecular flexibility index (Phi) is 4.06. The third kappa shape index (κ3) is 3.60. The van der Waals surface area contributed by atoms with Crippen molar-refractivity contribution in [3.8, 4) is 0 Å². The van der Waals surface area contributed by atoms with Crippen LogP contribution in [0.25, 0.3) is 0 Å². The summed E-state index contributed by atoms with van der Waals surface area (Å²) in [5.74, 6) is 0. The maximum absolute atomic E-state index is 12.0. The molecule has 2 aliphatic rings. The Balaban J connectivity index is 1.84. The molecule has 0 bridgehead atoms. The van der Waals surface area contributed by atoms with Crippen molar-refractivity contribution < 1.29 is 14.4 Å². The Morgan fingerprint density at radius 3 is 2.16 bits per heavy atom. The van der Waals surface area contributed by atoms with Crippen molar-refractivity contribution in [1.29, 1.82) is 0 Å². The molecule has 0 aliphatic carbocycles. The van der Waals surface area contributed by atoms with Crippen LogP contribution in [0.4, 0.5) is 4.79 Å². The number of hydrogen-bond donors (Lipinski definition) is 0. The van der Waals surface area contributed by atoms with E-state index in [0.717, 1.165) is 39.0 Å². The van der Waals surface area contributed by atoms with E-state index in [1.54, 1.807) is 7.11 Å². The van der Waals surface area contributed by atoms with Gasteiger partial charge in [0.2, 0.25) is 0 Å². The zero-order valence-electron chi connectivity index (χ0n) is 12.6. The first-order chi connectivity index (χ1) is 8.84. The predicted octanol–water partition coefficient (Wildman–Crippen LogP) is 2.27. The van der Waals surface area contributed by atoms with Crippen LogP contribution in [0.2, 0.25) is 0 Å². The lowest BCUT2D eigenvalue weighted by atomic mass is 9.78. The molecule has 0 N–H and O–H groups in total. The Labute approximate surface area is 115 Å². The summed E-state index contributed by atoms with van der Waals surface area (Å²) in [6, 6.07) is 0. The van der Waals surface area contributed by atoms with E-state index in [1.807, 2.05) is 30.7 Å². The number of nitrogens with zero attached hydrogens (tertiary/aromatic N) is 2. The molecule has 2 saturated heterocycles. The first-order valence-corrected chi connectivity index (χ1v) is 7.11. The number of carbonyl (C=O) groups excluding carboxylic acids is 1. The quantitative estimate of drug-likeness (QED) is 0.733. The molecule has 2 fully saturated rings. The summed E-state index contributed by atoms with van der Waals surface area (Å²) in [5, 5.41) is 2.03. The molecule has 2 aliphatic heterocycles. The minimum Gasteiger partial charge on any atom is -0.444 e. The Bertz CT molecular complexity index is 330. The number of hydroxylamine groups is 2. The van der Waals surface area contributed by atoms with E-state index in [9.17, 15) is 4.79 Å². The maximum Gasteiger partial charge on any atom is 0.410 e. The lowest BCUT2D eigenvalue weighted by molar-refractivity contribution is -0.122. The van der Waals surface area contributed by atoms with Gasteiger partial charge in [0.25, 0.3) is 0 Å². The average Bonchev–Trinajstić information content (AvgIpc) is 2.71. The van der Waals surface area contributed by atoms with Crippen LogP contribution in [-0.2, 0) is 9.57 Å². The van der Waals surface area contributed by atoms with Crippen molar-refractivity contribution in [3.63, 3.8) is 0 Å². The molecular formula is C14H26N2O3. The van der Waals surface area contributed by atoms with Gasteiger partial charge in [0, 0.05) is 26.2 Å². The maximum atomic E-state index is 12.0. The van der Waals surface area contributed by atoms with E-state index in [1.165, 1.54) is 6.42 Å². The fourth-order valence-electron chi connectivity index (χ4n) is 2.95. The van der Waals surface area contributed by atoms with Gasteiger partial charge in [0.1, 0.15) is 5.60 Å². The monoisotopic (exact) mass is 270 g/mol. The van der Waals surface area contributed by atoms with Gasteiger partial charge < -0.3 is 14.5 Å². The second-order valence-electron chi connectivity index (χ2n) is 6.76. The number of rotatable bonds is 1. The van der Waals surface area contributed by atoms with E-state index < -0.39 is 5.60 Å². The number of ether oxygens (including phenoxy) is 1. The van der Waals surface area contributed by atoms with Gasteiger partial charge in [0.15, 0.2) is 0 Å². The number of amides is 1. The van der Waals surface area contributed by atoms with E-state index in [2.05, 4.69) is 0 Å². The standard InChI is InChI=1S/C14H26N2O3/c1-13(2,3)19-12(17)15-8-5-14(6-9-15)7-10-16(11-14)18-4/h5-11H2,1-4H3. The van der Waals surface area contributed by atoms with Crippen LogP contribution in [0.15, 0.2) is 0 Å². The molecular weight excluding hydrogens is 244 g/mol. The van der Waals surface area contributed by atoms with Crippen LogP contribution < -0.4 is 0 Å². The minimum atomic E-state index is -0.410. The summed E-state index contributed by atoms with van der Waals surface area (Å²) in [7, 11) is 1.73. The van der Waals surface area contributed by atoms with Crippen molar-refractivity contribution in [2.24, 2.45) is 5.41 Å². The van der Waals surface area contributed by atoms with Gasteiger partial charge in [-0.3, -0.25) is 0 Å². The predicted molar refractivity (Wildman–Crippen MR) is 72.7 cm³/mol. The molecule has 0 unspecified atom stereocenters. The van der Waals surface area contributed by atoms with Crippen molar-refractivity contribution in [1.82, 2.24) is 9.96 Å². The van der Waals surface area contributed by atoms with Crippen LogP contribution in [0.1, 0.15) is 40.0 Å². The summed E-state index contributed by atoms with van der Waals surface area (Å²) in [4.78, 5) is 19.2. The first-order valence-electron chi connectivity index (χ1n) is 7.11. The lowest BCUT2D eigenvalue weighted by Gasteiger charge is -2.39. The third-order valence-electron chi connectivity index (χ3n) is 4.14. The highest BCUT2D eigenvalue weighted by Gasteiger charge is 2.42. The van der Waals surface area contributed by atoms with Crippen molar-refractivity contribution in [2.45, 2.75) is 45.6 Å². The Hall–Kier alpha value is -0.810. The molecule has 1 amide bonds. The van der Waals surface area contributed by atoms with Gasteiger partial charge in [0.05, 0.1) is 7.11 Å². The largest absolute Gasteiger partial charge is 0.444 e. The lowest BCUT2D eigenvalue weighted by Crippen LogP contribution is -2.46. The van der Waals surface area contributed by atoms with Crippen LogP contribution in [0, 0.1) is 5.41 Å². The average molecular weight is 270 g/mol. The summed E-state index contributed by atoms with van der Waals surface area (Å²) >= 11 is 0. The highest BCUT2D eigenvalue weighted by atomic mass is 16.7. The molecule has 110 valence electrons. The highest BCUT2D eigenvalue weighted by Crippen LogP contribution is 2.40. The van der Waals surface area contributed by atoms with Crippen molar-refractivity contribution in [2.75, 3.05) is 33.3 Å². The number of hydrogen-bond acceptors (Lipinski definition) is 4. The van der Waals surface area contributed by atoms with Gasteiger partial charge in [-0.15, -0.1) is 0 Å². The molecule has 0 atom stereocenters. The molecule has 1 spiro atoms. The van der Waals surface area contributed by atoms with Gasteiger partial charge in [-0.25, -0.2) is 4.79 Å². The number of likely N-dealkylation sites (tertiary alicyclic amines) is 1. The SMILES string of the molecule is CON1CCC2(CCN(C(=O)OC(C)(C)C)CC2)C1. The summed E-state index contributed by atoms with van der Waals surface area (Å²) in [5.41, 5.74) is -0.0685. The van der Waals surface area contributed by atoms with E-state index >= 15 is 0 Å². The molecule has 19 heavy (non-hydrogen) atoms. The second-order valence-corrected chi connectivity index (χ2v) is 6.76. The van der Waals surface area contributed by atoms with E-state index in [-0.39, 0.29) is 6.09 Å². The topological polar surface area (TPSA) is 42.0 Å². The number of piperidine rings is 1. The minimum absolute atomic E-state index is 0.177. The molecule has 5 nitrogen and oxygen atoms in total. The van der Waals surface area contributed by atoms with Crippen LogP contribution in [-0.4, -0.2) is 54.9 Å². The third-order valence-corrected chi connectivity index (χ3v) is 4.14. The zero-order valence-corrected chi connectivity index (χ0v) is 12.6. The molecule has 0 aromatic carbocycles. The molecule has 0 saturated carbocycles. The first kappa shape index (κ1) is 14.6. The fourth-order valence-corrected chi connectivity index (χ4v) is 2.95. The smallest absolute Gasteiger partial charge is 0.410 e. The summed E-state index contributed by atoms with van der Waals surface area (Å²) in [6.07, 6.45) is 3.09. The summed E-state index contributed by atoms with van der Waals surface area (Å²) < 4.78 is 5.42. The van der Waals surface area contributed by atoms with Gasteiger partial charge in [-0.2, -0.15) is 5.06 Å². The van der Waals surface area contributed by atoms with E-state index in [0.29, 0.717) is 5.41 Å². The highest BCUT2D eigenvalue weighted by molar-refractivity contribution is 5.68.